The second-order valence-corrected chi connectivity index (χ2v) is 4.81. The van der Waals surface area contributed by atoms with Gasteiger partial charge in [-0.15, -0.1) is 0 Å². The number of carbonyl (C=O) groups excluding carboxylic acids is 1. The van der Waals surface area contributed by atoms with Crippen molar-refractivity contribution < 1.29 is 14.3 Å². The first-order chi connectivity index (χ1) is 8.62. The molecule has 94 valence electrons. The van der Waals surface area contributed by atoms with Crippen molar-refractivity contribution in [2.45, 2.75) is 25.2 Å². The second kappa shape index (κ2) is 4.75. The molecule has 1 atom stereocenters. The van der Waals surface area contributed by atoms with Crippen molar-refractivity contribution in [1.29, 1.82) is 0 Å². The van der Waals surface area contributed by atoms with Crippen LogP contribution < -0.4 is 4.74 Å². The molecule has 1 aromatic rings. The lowest BCUT2D eigenvalue weighted by molar-refractivity contribution is -0.121. The minimum Gasteiger partial charge on any atom is -0.497 e. The fourth-order valence-corrected chi connectivity index (χ4v) is 2.36. The summed E-state index contributed by atoms with van der Waals surface area (Å²) >= 11 is 0. The third-order valence-electron chi connectivity index (χ3n) is 3.77. The highest BCUT2D eigenvalue weighted by Crippen LogP contribution is 2.47. The molecule has 2 rings (SSSR count). The number of ketones is 1. The SMILES string of the molecule is COc1ccc(C(C)(C(=O)C=[N+]=[N-])C2CC2)cc1. The zero-order valence-electron chi connectivity index (χ0n) is 10.6. The molecular weight excluding hydrogens is 228 g/mol. The Balaban J connectivity index is 2.39. The van der Waals surface area contributed by atoms with Gasteiger partial charge in [0.1, 0.15) is 5.75 Å². The molecule has 0 saturated heterocycles. The van der Waals surface area contributed by atoms with Gasteiger partial charge in [-0.3, -0.25) is 4.79 Å². The number of carbonyl (C=O) groups is 1. The largest absolute Gasteiger partial charge is 0.497 e. The third kappa shape index (κ3) is 2.07. The summed E-state index contributed by atoms with van der Waals surface area (Å²) in [6.45, 7) is 1.91. The molecule has 1 aliphatic carbocycles. The fourth-order valence-electron chi connectivity index (χ4n) is 2.36. The van der Waals surface area contributed by atoms with Crippen LogP contribution in [0.4, 0.5) is 0 Å². The lowest BCUT2D eigenvalue weighted by Gasteiger charge is -2.25. The molecule has 0 bridgehead atoms. The van der Waals surface area contributed by atoms with Crippen LogP contribution in [-0.4, -0.2) is 23.9 Å². The highest BCUT2D eigenvalue weighted by atomic mass is 16.5. The molecule has 1 saturated carbocycles. The van der Waals surface area contributed by atoms with Crippen LogP contribution in [0.5, 0.6) is 5.75 Å². The average molecular weight is 244 g/mol. The first kappa shape index (κ1) is 12.5. The van der Waals surface area contributed by atoms with Gasteiger partial charge in [-0.05, 0) is 43.4 Å². The number of nitrogens with zero attached hydrogens (tertiary/aromatic N) is 2. The smallest absolute Gasteiger partial charge is 0.324 e. The van der Waals surface area contributed by atoms with E-state index in [1.165, 1.54) is 0 Å². The monoisotopic (exact) mass is 244 g/mol. The molecule has 0 amide bonds. The number of methoxy groups -OCH3 is 1. The Labute approximate surface area is 106 Å². The number of ether oxygens (including phenoxy) is 1. The highest BCUT2D eigenvalue weighted by molar-refractivity contribution is 6.29. The van der Waals surface area contributed by atoms with Crippen LogP contribution >= 0.6 is 0 Å². The first-order valence-corrected chi connectivity index (χ1v) is 5.99. The van der Waals surface area contributed by atoms with Crippen molar-refractivity contribution in [2.24, 2.45) is 5.92 Å². The summed E-state index contributed by atoms with van der Waals surface area (Å²) in [7, 11) is 1.61. The molecule has 18 heavy (non-hydrogen) atoms. The molecule has 4 heteroatoms. The Bertz CT molecular complexity index is 499. The average Bonchev–Trinajstić information content (AvgIpc) is 3.23. The Morgan fingerprint density at radius 1 is 1.44 bits per heavy atom. The van der Waals surface area contributed by atoms with E-state index >= 15 is 0 Å². The van der Waals surface area contributed by atoms with Crippen molar-refractivity contribution in [3.8, 4) is 5.75 Å². The topological polar surface area (TPSA) is 62.7 Å². The maximum Gasteiger partial charge on any atom is 0.324 e. The van der Waals surface area contributed by atoms with Gasteiger partial charge in [0.05, 0.1) is 12.5 Å². The van der Waals surface area contributed by atoms with E-state index in [0.29, 0.717) is 5.92 Å². The van der Waals surface area contributed by atoms with Gasteiger partial charge in [0.15, 0.2) is 0 Å². The predicted octanol–water partition coefficient (Wildman–Crippen LogP) is 2.23. The lowest BCUT2D eigenvalue weighted by Crippen LogP contribution is -2.36. The van der Waals surface area contributed by atoms with E-state index in [1.54, 1.807) is 7.11 Å². The highest BCUT2D eigenvalue weighted by Gasteiger charge is 2.48. The Morgan fingerprint density at radius 2 is 2.06 bits per heavy atom. The van der Waals surface area contributed by atoms with Gasteiger partial charge in [-0.2, -0.15) is 4.79 Å². The molecule has 4 nitrogen and oxygen atoms in total. The number of Topliss-reactive ketones (excluding diaryl/α,β-unsaturated/α-hetero) is 1. The molecule has 0 aromatic heterocycles. The molecule has 1 aromatic carbocycles. The normalized spacial score (nSPS) is 17.4. The van der Waals surface area contributed by atoms with Gasteiger partial charge in [0.2, 0.25) is 5.78 Å². The molecule has 0 heterocycles. The zero-order chi connectivity index (χ0) is 13.2. The predicted molar refractivity (Wildman–Crippen MR) is 67.8 cm³/mol. The number of benzene rings is 1. The number of hydrogen-bond donors (Lipinski definition) is 0. The van der Waals surface area contributed by atoms with Crippen molar-refractivity contribution in [3.63, 3.8) is 0 Å². The van der Waals surface area contributed by atoms with Gasteiger partial charge < -0.3 is 10.3 Å². The fraction of sp³-hybridized carbons (Fsp3) is 0.429. The van der Waals surface area contributed by atoms with Crippen molar-refractivity contribution >= 4 is 12.0 Å². The maximum atomic E-state index is 12.2. The van der Waals surface area contributed by atoms with Crippen molar-refractivity contribution in [1.82, 2.24) is 0 Å². The quantitative estimate of drug-likeness (QED) is 0.453. The Morgan fingerprint density at radius 3 is 2.50 bits per heavy atom. The summed E-state index contributed by atoms with van der Waals surface area (Å²) < 4.78 is 5.11. The van der Waals surface area contributed by atoms with E-state index < -0.39 is 5.41 Å². The van der Waals surface area contributed by atoms with E-state index in [4.69, 9.17) is 10.3 Å². The third-order valence-corrected chi connectivity index (χ3v) is 3.77. The van der Waals surface area contributed by atoms with Crippen LogP contribution in [0.3, 0.4) is 0 Å². The summed E-state index contributed by atoms with van der Waals surface area (Å²) in [6.07, 6.45) is 3.07. The van der Waals surface area contributed by atoms with Crippen LogP contribution in [0.25, 0.3) is 5.53 Å². The Hall–Kier alpha value is -1.93. The minimum absolute atomic E-state index is 0.155. The number of rotatable bonds is 5. The van der Waals surface area contributed by atoms with Gasteiger partial charge in [-0.25, -0.2) is 0 Å². The molecular formula is C14H16N2O2. The molecule has 0 spiro atoms. The first-order valence-electron chi connectivity index (χ1n) is 5.99. The molecule has 0 radical (unpaired) electrons. The van der Waals surface area contributed by atoms with E-state index in [2.05, 4.69) is 4.79 Å². The summed E-state index contributed by atoms with van der Waals surface area (Å²) in [6, 6.07) is 7.50. The molecule has 0 aliphatic heterocycles. The summed E-state index contributed by atoms with van der Waals surface area (Å²) in [5.41, 5.74) is 8.90. The second-order valence-electron chi connectivity index (χ2n) is 4.81. The van der Waals surface area contributed by atoms with Crippen molar-refractivity contribution in [3.05, 3.63) is 35.4 Å². The summed E-state index contributed by atoms with van der Waals surface area (Å²) in [5, 5.41) is 0. The Kier molecular flexibility index (Phi) is 3.30. The maximum absolute atomic E-state index is 12.2. The van der Waals surface area contributed by atoms with Crippen LogP contribution in [0.1, 0.15) is 25.3 Å². The van der Waals surface area contributed by atoms with Gasteiger partial charge in [0, 0.05) is 0 Å². The molecule has 1 fully saturated rings. The van der Waals surface area contributed by atoms with E-state index in [1.807, 2.05) is 31.2 Å². The molecule has 1 aliphatic rings. The lowest BCUT2D eigenvalue weighted by atomic mass is 9.74. The minimum atomic E-state index is -0.599. The number of hydrogen-bond acceptors (Lipinski definition) is 2. The van der Waals surface area contributed by atoms with Gasteiger partial charge >= 0.3 is 6.21 Å². The zero-order valence-corrected chi connectivity index (χ0v) is 10.6. The van der Waals surface area contributed by atoms with Crippen LogP contribution in [-0.2, 0) is 10.2 Å². The van der Waals surface area contributed by atoms with Crippen molar-refractivity contribution in [2.75, 3.05) is 7.11 Å². The van der Waals surface area contributed by atoms with Crippen LogP contribution in [0.2, 0.25) is 0 Å². The molecule has 1 unspecified atom stereocenters. The van der Waals surface area contributed by atoms with Crippen LogP contribution in [0, 0.1) is 5.92 Å². The summed E-state index contributed by atoms with van der Waals surface area (Å²) in [5.74, 6) is 0.939. The standard InChI is InChI=1S/C14H16N2O2/c1-14(10-3-4-10,13(17)9-16-15)11-5-7-12(18-2)8-6-11/h5-10H,3-4H2,1-2H3. The summed E-state index contributed by atoms with van der Waals surface area (Å²) in [4.78, 5) is 15.0. The molecule has 0 N–H and O–H groups in total. The van der Waals surface area contributed by atoms with E-state index in [-0.39, 0.29) is 5.78 Å². The van der Waals surface area contributed by atoms with E-state index in [9.17, 15) is 4.79 Å². The van der Waals surface area contributed by atoms with Gasteiger partial charge in [0.25, 0.3) is 0 Å². The van der Waals surface area contributed by atoms with E-state index in [0.717, 1.165) is 30.4 Å². The van der Waals surface area contributed by atoms with Gasteiger partial charge in [-0.1, -0.05) is 12.1 Å². The van der Waals surface area contributed by atoms with Crippen LogP contribution in [0.15, 0.2) is 24.3 Å².